The van der Waals surface area contributed by atoms with Gasteiger partial charge in [0.2, 0.25) is 0 Å². The summed E-state index contributed by atoms with van der Waals surface area (Å²) in [5.41, 5.74) is 0. The molecule has 5 heavy (non-hydrogen) atoms. The van der Waals surface area contributed by atoms with E-state index in [4.69, 9.17) is 19.1 Å². The molecule has 0 heterocycles. The summed E-state index contributed by atoms with van der Waals surface area (Å²) >= 11 is 1.64. The van der Waals surface area contributed by atoms with E-state index < -0.39 is 0 Å². The molecule has 0 N–H and O–H groups in total. The van der Waals surface area contributed by atoms with E-state index in [1.807, 2.05) is 0 Å². The molecule has 0 bridgehead atoms. The van der Waals surface area contributed by atoms with Crippen molar-refractivity contribution in [3.63, 3.8) is 0 Å². The summed E-state index contributed by atoms with van der Waals surface area (Å²) in [7, 11) is 14.2. The predicted molar refractivity (Wildman–Crippen MR) is 17.6 cm³/mol. The molecule has 0 aliphatic heterocycles. The molecule has 0 atom stereocenters. The van der Waals surface area contributed by atoms with Gasteiger partial charge < -0.3 is 0 Å². The van der Waals surface area contributed by atoms with Gasteiger partial charge in [-0.3, -0.25) is 0 Å². The fraction of sp³-hybridized carbons (Fsp3) is 0. The minimum absolute atomic E-state index is 0.106. The fourth-order valence-corrected chi connectivity index (χ4v) is 0. The van der Waals surface area contributed by atoms with E-state index in [0.29, 0.717) is 0 Å². The van der Waals surface area contributed by atoms with Crippen molar-refractivity contribution < 1.29 is 35.9 Å². The first-order valence-corrected chi connectivity index (χ1v) is 7.04. The second-order valence-corrected chi connectivity index (χ2v) is 2.41. The van der Waals surface area contributed by atoms with Crippen molar-refractivity contribution in [2.45, 2.75) is 0 Å². The van der Waals surface area contributed by atoms with Crippen LogP contribution in [0.1, 0.15) is 0 Å². The van der Waals surface area contributed by atoms with Crippen molar-refractivity contribution in [3.8, 4) is 0 Å². The van der Waals surface area contributed by atoms with Gasteiger partial charge in [0, 0.05) is 0 Å². The van der Waals surface area contributed by atoms with E-state index in [0.717, 1.165) is 0 Å². The van der Waals surface area contributed by atoms with Crippen LogP contribution in [0, 0.1) is 0 Å². The van der Waals surface area contributed by atoms with Gasteiger partial charge in [0.15, 0.2) is 0 Å². The third-order valence-corrected chi connectivity index (χ3v) is 0. The normalized spacial score (nSPS) is 5.80. The molecular weight excluding hydrogens is 410 g/mol. The predicted octanol–water partition coefficient (Wildman–Crippen LogP) is 2.06. The molecule has 0 radical (unpaired) electrons. The van der Waals surface area contributed by atoms with Crippen LogP contribution in [-0.4, -0.2) is 0 Å². The summed E-state index contributed by atoms with van der Waals surface area (Å²) < 4.78 is 0. The zero-order valence-corrected chi connectivity index (χ0v) is 7.74. The summed E-state index contributed by atoms with van der Waals surface area (Å²) in [6, 6.07) is 0. The van der Waals surface area contributed by atoms with Gasteiger partial charge in [-0.1, -0.05) is 0 Å². The third kappa shape index (κ3) is 22.2. The molecule has 0 nitrogen and oxygen atoms in total. The number of hydrogen-bond donors (Lipinski definition) is 0. The first-order chi connectivity index (χ1) is 2.41. The standard InChI is InChI=1S/Au.3ClH.Pd/h;3*1H;/q+1;;;;+2/p-3. The maximum atomic E-state index is 4.81. The Labute approximate surface area is 63.4 Å². The van der Waals surface area contributed by atoms with Crippen LogP contribution in [0.3, 0.4) is 0 Å². The van der Waals surface area contributed by atoms with Crippen molar-refractivity contribution in [2.75, 3.05) is 0 Å². The van der Waals surface area contributed by atoms with Crippen LogP contribution in [0.15, 0.2) is 0 Å². The van der Waals surface area contributed by atoms with Crippen LogP contribution in [0.4, 0.5) is 0 Å². The maximum absolute atomic E-state index is 4.81. The minimum atomic E-state index is -0.106. The van der Waals surface area contributed by atoms with Gasteiger partial charge >= 0.3 is 64.2 Å². The Kier molecular flexibility index (Phi) is 33.5. The molecule has 0 aromatic carbocycles. The molecule has 0 spiro atoms. The van der Waals surface area contributed by atoms with E-state index in [2.05, 4.69) is 9.19 Å². The zero-order chi connectivity index (χ0) is 4.71. The Morgan fingerprint density at radius 1 is 1.20 bits per heavy atom. The van der Waals surface area contributed by atoms with E-state index in [9.17, 15) is 0 Å². The molecule has 0 aromatic heterocycles. The molecule has 0 saturated carbocycles. The third-order valence-electron chi connectivity index (χ3n) is 0. The second kappa shape index (κ2) is 16.3. The molecule has 0 amide bonds. The summed E-state index contributed by atoms with van der Waals surface area (Å²) in [4.78, 5) is 0. The van der Waals surface area contributed by atoms with Crippen molar-refractivity contribution in [3.05, 3.63) is 0 Å². The SMILES string of the molecule is [Cl][Au].[Cl][Pd][Cl]. The van der Waals surface area contributed by atoms with Gasteiger partial charge in [-0.15, -0.1) is 0 Å². The van der Waals surface area contributed by atoms with E-state index >= 15 is 0 Å². The fourth-order valence-electron chi connectivity index (χ4n) is 0. The summed E-state index contributed by atoms with van der Waals surface area (Å²) in [5.74, 6) is 0. The van der Waals surface area contributed by atoms with Gasteiger partial charge in [-0.25, -0.2) is 0 Å². The van der Waals surface area contributed by atoms with E-state index in [1.165, 1.54) is 0 Å². The molecule has 0 rings (SSSR count). The van der Waals surface area contributed by atoms with Gasteiger partial charge in [0.1, 0.15) is 0 Å². The van der Waals surface area contributed by atoms with Crippen LogP contribution < -0.4 is 0 Å². The monoisotopic (exact) mass is 408 g/mol. The van der Waals surface area contributed by atoms with Crippen molar-refractivity contribution in [1.82, 2.24) is 0 Å². The van der Waals surface area contributed by atoms with Crippen LogP contribution in [-0.2, 0) is 35.9 Å². The number of rotatable bonds is 0. The summed E-state index contributed by atoms with van der Waals surface area (Å²) in [6.07, 6.45) is 0. The van der Waals surface area contributed by atoms with Gasteiger partial charge in [0.25, 0.3) is 0 Å². The Morgan fingerprint density at radius 3 is 1.20 bits per heavy atom. The van der Waals surface area contributed by atoms with Crippen LogP contribution in [0.25, 0.3) is 0 Å². The molecule has 0 aliphatic carbocycles. The molecule has 0 unspecified atom stereocenters. The Morgan fingerprint density at radius 2 is 1.20 bits per heavy atom. The molecule has 0 saturated heterocycles. The molecular formula is AuCl3Pd. The average Bonchev–Trinajstić information content (AvgIpc) is 1.46. The Hall–Kier alpha value is 2.27. The molecule has 5 heteroatoms. The second-order valence-electron chi connectivity index (χ2n) is 0.0452. The Bertz CT molecular complexity index is 6.85. The first kappa shape index (κ1) is 10.3. The van der Waals surface area contributed by atoms with Gasteiger partial charge in [0.05, 0.1) is 0 Å². The quantitative estimate of drug-likeness (QED) is 0.537. The van der Waals surface area contributed by atoms with Crippen molar-refractivity contribution in [2.24, 2.45) is 0 Å². The topological polar surface area (TPSA) is 0 Å². The van der Waals surface area contributed by atoms with Crippen LogP contribution >= 0.6 is 28.2 Å². The number of hydrogen-bond acceptors (Lipinski definition) is 0. The van der Waals surface area contributed by atoms with Crippen LogP contribution in [0.2, 0.25) is 0 Å². The molecule has 0 fully saturated rings. The van der Waals surface area contributed by atoms with Crippen molar-refractivity contribution in [1.29, 1.82) is 0 Å². The van der Waals surface area contributed by atoms with E-state index in [-0.39, 0.29) is 15.9 Å². The summed E-state index contributed by atoms with van der Waals surface area (Å²) in [5, 5.41) is 0. The van der Waals surface area contributed by atoms with E-state index in [1.54, 1.807) is 20.0 Å². The molecule has 0 aliphatic rings. The zero-order valence-electron chi connectivity index (χ0n) is 1.75. The molecule has 42 valence electrons. The van der Waals surface area contributed by atoms with Crippen molar-refractivity contribution >= 4 is 28.2 Å². The van der Waals surface area contributed by atoms with Crippen LogP contribution in [0.5, 0.6) is 0 Å². The number of halogens is 3. The average molecular weight is 410 g/mol. The van der Waals surface area contributed by atoms with Gasteiger partial charge in [-0.2, -0.15) is 0 Å². The summed E-state index contributed by atoms with van der Waals surface area (Å²) in [6.45, 7) is 0. The van der Waals surface area contributed by atoms with Gasteiger partial charge in [-0.05, 0) is 0 Å². The molecule has 0 aromatic rings. The first-order valence-electron chi connectivity index (χ1n) is 0.353. The Balaban J connectivity index is 0.